The molecule has 2 rings (SSSR count). The molecule has 0 radical (unpaired) electrons. The fourth-order valence-electron chi connectivity index (χ4n) is 3.69. The molecule has 2 saturated heterocycles. The predicted octanol–water partition coefficient (Wildman–Crippen LogP) is 2.05. The van der Waals surface area contributed by atoms with Crippen LogP contribution in [0.25, 0.3) is 0 Å². The Bertz CT molecular complexity index is 332. The lowest BCUT2D eigenvalue weighted by molar-refractivity contribution is -0.131. The lowest BCUT2D eigenvalue weighted by Crippen LogP contribution is -2.45. The molecule has 1 N–H and O–H groups in total. The van der Waals surface area contributed by atoms with Crippen molar-refractivity contribution in [3.8, 4) is 0 Å². The Hall–Kier alpha value is -0.610. The number of nitrogens with one attached hydrogen (secondary N) is 1. The Labute approximate surface area is 123 Å². The topological polar surface area (TPSA) is 35.6 Å². The van der Waals surface area contributed by atoms with Crippen LogP contribution in [0.2, 0.25) is 0 Å². The molecular weight excluding hydrogens is 250 g/mol. The van der Waals surface area contributed by atoms with E-state index in [0.29, 0.717) is 17.9 Å². The third kappa shape index (κ3) is 3.34. The summed E-state index contributed by atoms with van der Waals surface area (Å²) in [5.74, 6) is 0.890. The van der Waals surface area contributed by atoms with E-state index in [4.69, 9.17) is 0 Å². The first-order valence-corrected chi connectivity index (χ1v) is 8.37. The molecule has 3 atom stereocenters. The number of hydrogen-bond donors (Lipinski definition) is 1. The van der Waals surface area contributed by atoms with Crippen LogP contribution >= 0.6 is 0 Å². The van der Waals surface area contributed by atoms with E-state index in [1.165, 1.54) is 19.4 Å². The highest BCUT2D eigenvalue weighted by molar-refractivity contribution is 5.84. The van der Waals surface area contributed by atoms with Crippen molar-refractivity contribution in [1.29, 1.82) is 0 Å². The number of carbonyl (C=O) groups excluding carboxylic acids is 1. The summed E-state index contributed by atoms with van der Waals surface area (Å²) in [6.45, 7) is 12.0. The van der Waals surface area contributed by atoms with Crippen molar-refractivity contribution >= 4 is 5.91 Å². The van der Waals surface area contributed by atoms with Crippen LogP contribution in [0.3, 0.4) is 0 Å². The van der Waals surface area contributed by atoms with E-state index >= 15 is 0 Å². The highest BCUT2D eigenvalue weighted by Crippen LogP contribution is 2.23. The van der Waals surface area contributed by atoms with Crippen molar-refractivity contribution in [2.45, 2.75) is 71.6 Å². The average molecular weight is 281 g/mol. The van der Waals surface area contributed by atoms with Crippen LogP contribution in [0.15, 0.2) is 0 Å². The summed E-state index contributed by atoms with van der Waals surface area (Å²) < 4.78 is 0. The van der Waals surface area contributed by atoms with Gasteiger partial charge in [0.25, 0.3) is 0 Å². The molecule has 2 heterocycles. The van der Waals surface area contributed by atoms with Crippen molar-refractivity contribution in [3.05, 3.63) is 0 Å². The molecule has 1 amide bonds. The molecule has 4 nitrogen and oxygen atoms in total. The first-order valence-electron chi connectivity index (χ1n) is 8.37. The van der Waals surface area contributed by atoms with Crippen LogP contribution in [0.4, 0.5) is 0 Å². The van der Waals surface area contributed by atoms with E-state index in [1.54, 1.807) is 0 Å². The zero-order valence-corrected chi connectivity index (χ0v) is 13.6. The van der Waals surface area contributed by atoms with Gasteiger partial charge < -0.3 is 4.90 Å². The van der Waals surface area contributed by atoms with E-state index in [2.05, 4.69) is 42.8 Å². The van der Waals surface area contributed by atoms with Crippen LogP contribution in [-0.4, -0.2) is 53.6 Å². The second kappa shape index (κ2) is 6.90. The zero-order chi connectivity index (χ0) is 14.7. The third-order valence-electron chi connectivity index (χ3n) is 4.76. The zero-order valence-electron chi connectivity index (χ0n) is 13.6. The Kier molecular flexibility index (Phi) is 5.44. The summed E-state index contributed by atoms with van der Waals surface area (Å²) >= 11 is 0. The van der Waals surface area contributed by atoms with Gasteiger partial charge in [-0.15, -0.1) is 0 Å². The van der Waals surface area contributed by atoms with Gasteiger partial charge in [-0.2, -0.15) is 0 Å². The largest absolute Gasteiger partial charge is 0.324 e. The van der Waals surface area contributed by atoms with Gasteiger partial charge in [-0.3, -0.25) is 15.0 Å². The lowest BCUT2D eigenvalue weighted by atomic mass is 10.0. The molecule has 20 heavy (non-hydrogen) atoms. The van der Waals surface area contributed by atoms with Gasteiger partial charge >= 0.3 is 0 Å². The van der Waals surface area contributed by atoms with Gasteiger partial charge in [0.2, 0.25) is 5.91 Å². The smallest absolute Gasteiger partial charge is 0.241 e. The number of hydrogen-bond acceptors (Lipinski definition) is 3. The summed E-state index contributed by atoms with van der Waals surface area (Å²) in [4.78, 5) is 17.3. The van der Waals surface area contributed by atoms with E-state index < -0.39 is 0 Å². The fraction of sp³-hybridized carbons (Fsp3) is 0.938. The Morgan fingerprint density at radius 3 is 2.70 bits per heavy atom. The number of nitrogens with zero attached hydrogens (tertiary/aromatic N) is 2. The van der Waals surface area contributed by atoms with Gasteiger partial charge in [-0.1, -0.05) is 27.7 Å². The molecule has 0 spiro atoms. The SMILES string of the molecule is CCC1NC(CC(C)C)C(=O)N1CC1CCCN1CC. The van der Waals surface area contributed by atoms with E-state index in [-0.39, 0.29) is 12.2 Å². The number of likely N-dealkylation sites (N-methyl/N-ethyl adjacent to an activating group) is 1. The molecule has 0 aromatic heterocycles. The lowest BCUT2D eigenvalue weighted by Gasteiger charge is -2.30. The maximum Gasteiger partial charge on any atom is 0.241 e. The predicted molar refractivity (Wildman–Crippen MR) is 82.4 cm³/mol. The third-order valence-corrected chi connectivity index (χ3v) is 4.76. The normalized spacial score (nSPS) is 31.8. The maximum absolute atomic E-state index is 12.6. The Balaban J connectivity index is 1.99. The van der Waals surface area contributed by atoms with Crippen LogP contribution in [0.1, 0.15) is 53.4 Å². The summed E-state index contributed by atoms with van der Waals surface area (Å²) in [6.07, 6.45) is 4.71. The van der Waals surface area contributed by atoms with Gasteiger partial charge in [0, 0.05) is 12.6 Å². The molecule has 0 aliphatic carbocycles. The quantitative estimate of drug-likeness (QED) is 0.809. The first-order chi connectivity index (χ1) is 9.56. The second-order valence-corrected chi connectivity index (χ2v) is 6.69. The molecule has 2 aliphatic heterocycles. The van der Waals surface area contributed by atoms with Crippen LogP contribution < -0.4 is 5.32 Å². The van der Waals surface area contributed by atoms with Gasteiger partial charge in [0.1, 0.15) is 0 Å². The molecule has 116 valence electrons. The average Bonchev–Trinajstić information content (AvgIpc) is 2.97. The molecule has 0 aromatic rings. The Morgan fingerprint density at radius 1 is 1.35 bits per heavy atom. The summed E-state index contributed by atoms with van der Waals surface area (Å²) in [5, 5.41) is 3.54. The van der Waals surface area contributed by atoms with Crippen LogP contribution in [0, 0.1) is 5.92 Å². The van der Waals surface area contributed by atoms with Crippen molar-refractivity contribution in [1.82, 2.24) is 15.1 Å². The molecule has 0 saturated carbocycles. The van der Waals surface area contributed by atoms with E-state index in [9.17, 15) is 4.79 Å². The Morgan fingerprint density at radius 2 is 2.10 bits per heavy atom. The molecular formula is C16H31N3O. The highest BCUT2D eigenvalue weighted by atomic mass is 16.2. The highest BCUT2D eigenvalue weighted by Gasteiger charge is 2.40. The van der Waals surface area contributed by atoms with Crippen LogP contribution in [0.5, 0.6) is 0 Å². The van der Waals surface area contributed by atoms with Gasteiger partial charge in [-0.25, -0.2) is 0 Å². The fourth-order valence-corrected chi connectivity index (χ4v) is 3.69. The summed E-state index contributed by atoms with van der Waals surface area (Å²) in [7, 11) is 0. The summed E-state index contributed by atoms with van der Waals surface area (Å²) in [5.41, 5.74) is 0. The number of rotatable bonds is 6. The minimum Gasteiger partial charge on any atom is -0.324 e. The molecule has 2 aliphatic rings. The number of amides is 1. The van der Waals surface area contributed by atoms with Crippen molar-refractivity contribution < 1.29 is 4.79 Å². The monoisotopic (exact) mass is 281 g/mol. The van der Waals surface area contributed by atoms with Gasteiger partial charge in [0.05, 0.1) is 12.2 Å². The van der Waals surface area contributed by atoms with E-state index in [1.807, 2.05) is 0 Å². The molecule has 0 bridgehead atoms. The number of carbonyl (C=O) groups is 1. The maximum atomic E-state index is 12.6. The molecule has 2 fully saturated rings. The van der Waals surface area contributed by atoms with Crippen LogP contribution in [-0.2, 0) is 4.79 Å². The minimum atomic E-state index is 0.0384. The standard InChI is InChI=1S/C16H31N3O/c1-5-15-17-14(10-12(3)4)16(20)19(15)11-13-8-7-9-18(13)6-2/h12-15,17H,5-11H2,1-4H3. The van der Waals surface area contributed by atoms with Gasteiger partial charge in [-0.05, 0) is 44.7 Å². The minimum absolute atomic E-state index is 0.0384. The van der Waals surface area contributed by atoms with Gasteiger partial charge in [0.15, 0.2) is 0 Å². The molecule has 4 heteroatoms. The van der Waals surface area contributed by atoms with Crippen molar-refractivity contribution in [2.24, 2.45) is 5.92 Å². The van der Waals surface area contributed by atoms with Crippen molar-refractivity contribution in [2.75, 3.05) is 19.6 Å². The number of likely N-dealkylation sites (tertiary alicyclic amines) is 1. The molecule has 0 aromatic carbocycles. The van der Waals surface area contributed by atoms with Crippen molar-refractivity contribution in [3.63, 3.8) is 0 Å². The summed E-state index contributed by atoms with van der Waals surface area (Å²) in [6, 6.07) is 0.606. The molecule has 3 unspecified atom stereocenters. The second-order valence-electron chi connectivity index (χ2n) is 6.69. The first kappa shape index (κ1) is 15.8. The van der Waals surface area contributed by atoms with E-state index in [0.717, 1.165) is 25.9 Å².